The molecule has 2 spiro atoms. The maximum atomic E-state index is 13.8. The van der Waals surface area contributed by atoms with Crippen molar-refractivity contribution in [3.63, 3.8) is 0 Å². The lowest BCUT2D eigenvalue weighted by Gasteiger charge is -2.50. The molecular weight excluding hydrogens is 386 g/mol. The fourth-order valence-electron chi connectivity index (χ4n) is 6.07. The highest BCUT2D eigenvalue weighted by molar-refractivity contribution is 6.31. The summed E-state index contributed by atoms with van der Waals surface area (Å²) >= 11 is 6.63. The summed E-state index contributed by atoms with van der Waals surface area (Å²) in [6, 6.07) is 15.5. The van der Waals surface area contributed by atoms with E-state index in [1.165, 1.54) is 0 Å². The van der Waals surface area contributed by atoms with E-state index in [9.17, 15) is 9.59 Å². The third kappa shape index (κ3) is 2.24. The molecule has 0 aromatic heterocycles. The minimum atomic E-state index is -1.04. The maximum absolute atomic E-state index is 13.8. The zero-order valence-corrected chi connectivity index (χ0v) is 17.4. The van der Waals surface area contributed by atoms with Crippen LogP contribution in [0.1, 0.15) is 23.5 Å². The standard InChI is InChI=1S/C23H24ClN3O2/c1-26-12-11-20(28)22(14-26)17(15-7-3-5-9-18(15)24)13-27(2)23(22)16-8-4-6-10-19(16)25-21(23)29/h3-10,17H,11-14H2,1-2H3,(H,25,29)/t17-,22+,23+/m1/s1. The Hall–Kier alpha value is -2.21. The zero-order chi connectivity index (χ0) is 20.4. The molecule has 1 N–H and O–H groups in total. The number of carbonyl (C=O) groups is 2. The molecule has 0 aliphatic carbocycles. The van der Waals surface area contributed by atoms with Gasteiger partial charge < -0.3 is 10.2 Å². The van der Waals surface area contributed by atoms with E-state index >= 15 is 0 Å². The fourth-order valence-corrected chi connectivity index (χ4v) is 6.34. The molecule has 1 amide bonds. The van der Waals surface area contributed by atoms with Gasteiger partial charge in [-0.25, -0.2) is 0 Å². The lowest BCUT2D eigenvalue weighted by molar-refractivity contribution is -0.150. The first kappa shape index (κ1) is 18.8. The second kappa shape index (κ2) is 6.39. The van der Waals surface area contributed by atoms with E-state index < -0.39 is 11.0 Å². The van der Waals surface area contributed by atoms with E-state index in [4.69, 9.17) is 11.6 Å². The number of hydrogen-bond donors (Lipinski definition) is 1. The summed E-state index contributed by atoms with van der Waals surface area (Å²) < 4.78 is 0. The van der Waals surface area contributed by atoms with Crippen LogP contribution in [-0.4, -0.2) is 55.2 Å². The van der Waals surface area contributed by atoms with Crippen LogP contribution in [0, 0.1) is 5.41 Å². The summed E-state index contributed by atoms with van der Waals surface area (Å²) in [5.41, 5.74) is 0.685. The molecule has 150 valence electrons. The molecule has 0 unspecified atom stereocenters. The number of amides is 1. The smallest absolute Gasteiger partial charge is 0.250 e. The minimum Gasteiger partial charge on any atom is -0.324 e. The number of nitrogens with one attached hydrogen (secondary N) is 1. The number of anilines is 1. The van der Waals surface area contributed by atoms with E-state index in [0.29, 0.717) is 31.1 Å². The van der Waals surface area contributed by atoms with Gasteiger partial charge in [-0.05, 0) is 31.8 Å². The number of benzene rings is 2. The van der Waals surface area contributed by atoms with Crippen molar-refractivity contribution in [2.75, 3.05) is 39.0 Å². The van der Waals surface area contributed by atoms with Gasteiger partial charge in [0.1, 0.15) is 11.3 Å². The molecule has 5 nitrogen and oxygen atoms in total. The second-order valence-corrected chi connectivity index (χ2v) is 8.95. The van der Waals surface area contributed by atoms with Crippen molar-refractivity contribution in [3.05, 3.63) is 64.7 Å². The number of fused-ring (bicyclic) bond motifs is 3. The van der Waals surface area contributed by atoms with Crippen molar-refractivity contribution in [1.29, 1.82) is 0 Å². The van der Waals surface area contributed by atoms with E-state index in [1.54, 1.807) is 0 Å². The second-order valence-electron chi connectivity index (χ2n) is 8.55. The number of hydrogen-bond acceptors (Lipinski definition) is 4. The monoisotopic (exact) mass is 409 g/mol. The SMILES string of the molecule is CN1CCC(=O)[C@]2(C1)[C@@H](c1ccccc1Cl)CN(C)[C@@]21C(=O)Nc2ccccc21. The number of carbonyl (C=O) groups excluding carboxylic acids is 2. The molecule has 0 saturated carbocycles. The summed E-state index contributed by atoms with van der Waals surface area (Å²) in [7, 11) is 3.99. The van der Waals surface area contributed by atoms with E-state index in [-0.39, 0.29) is 17.6 Å². The van der Waals surface area contributed by atoms with Crippen LogP contribution < -0.4 is 5.32 Å². The van der Waals surface area contributed by atoms with Gasteiger partial charge in [-0.2, -0.15) is 0 Å². The summed E-state index contributed by atoms with van der Waals surface area (Å²) in [5, 5.41) is 3.72. The molecule has 2 saturated heterocycles. The predicted octanol–water partition coefficient (Wildman–Crippen LogP) is 3.11. The molecule has 3 aliphatic heterocycles. The Balaban J connectivity index is 1.83. The summed E-state index contributed by atoms with van der Waals surface area (Å²) in [6.45, 7) is 1.82. The van der Waals surface area contributed by atoms with Crippen LogP contribution >= 0.6 is 11.6 Å². The minimum absolute atomic E-state index is 0.112. The van der Waals surface area contributed by atoms with Gasteiger partial charge in [-0.15, -0.1) is 0 Å². The van der Waals surface area contributed by atoms with Crippen LogP contribution in [0.4, 0.5) is 5.69 Å². The molecular formula is C23H24ClN3O2. The van der Waals surface area contributed by atoms with Gasteiger partial charge in [-0.3, -0.25) is 14.5 Å². The van der Waals surface area contributed by atoms with Crippen molar-refractivity contribution >= 4 is 29.0 Å². The van der Waals surface area contributed by atoms with Crippen molar-refractivity contribution in [2.45, 2.75) is 17.9 Å². The van der Waals surface area contributed by atoms with Crippen LogP contribution in [-0.2, 0) is 15.1 Å². The number of para-hydroxylation sites is 1. The predicted molar refractivity (Wildman–Crippen MR) is 113 cm³/mol. The summed E-state index contributed by atoms with van der Waals surface area (Å²) in [6.07, 6.45) is 0.433. The Morgan fingerprint density at radius 2 is 1.79 bits per heavy atom. The lowest BCUT2D eigenvalue weighted by atomic mass is 9.57. The van der Waals surface area contributed by atoms with Crippen molar-refractivity contribution in [1.82, 2.24) is 9.80 Å². The van der Waals surface area contributed by atoms with Crippen LogP contribution in [0.15, 0.2) is 48.5 Å². The quantitative estimate of drug-likeness (QED) is 0.786. The zero-order valence-electron chi connectivity index (χ0n) is 16.6. The normalized spacial score (nSPS) is 32.2. The van der Waals surface area contributed by atoms with Crippen molar-refractivity contribution in [2.24, 2.45) is 5.41 Å². The lowest BCUT2D eigenvalue weighted by Crippen LogP contribution is -2.64. The first-order valence-electron chi connectivity index (χ1n) is 10.0. The molecule has 6 heteroatoms. The highest BCUT2D eigenvalue weighted by Gasteiger charge is 2.74. The van der Waals surface area contributed by atoms with Gasteiger partial charge in [0.15, 0.2) is 0 Å². The number of halogens is 1. The number of ketones is 1. The van der Waals surface area contributed by atoms with Crippen LogP contribution in [0.3, 0.4) is 0 Å². The number of likely N-dealkylation sites (tertiary alicyclic amines) is 2. The Morgan fingerprint density at radius 1 is 1.07 bits per heavy atom. The van der Waals surface area contributed by atoms with Crippen LogP contribution in [0.2, 0.25) is 5.02 Å². The molecule has 0 bridgehead atoms. The first-order valence-corrected chi connectivity index (χ1v) is 10.4. The van der Waals surface area contributed by atoms with Crippen LogP contribution in [0.5, 0.6) is 0 Å². The van der Waals surface area contributed by atoms with Gasteiger partial charge in [0, 0.05) is 48.2 Å². The van der Waals surface area contributed by atoms with Gasteiger partial charge in [0.2, 0.25) is 0 Å². The molecule has 2 aromatic rings. The largest absolute Gasteiger partial charge is 0.324 e. The summed E-state index contributed by atoms with van der Waals surface area (Å²) in [4.78, 5) is 31.8. The Labute approximate surface area is 175 Å². The highest BCUT2D eigenvalue weighted by atomic mass is 35.5. The Morgan fingerprint density at radius 3 is 2.59 bits per heavy atom. The number of piperidine rings is 1. The van der Waals surface area contributed by atoms with Gasteiger partial charge in [0.05, 0.1) is 5.41 Å². The van der Waals surface area contributed by atoms with E-state index in [2.05, 4.69) is 15.1 Å². The highest BCUT2D eigenvalue weighted by Crippen LogP contribution is 2.64. The Kier molecular flexibility index (Phi) is 4.14. The van der Waals surface area contributed by atoms with Gasteiger partial charge in [-0.1, -0.05) is 48.0 Å². The maximum Gasteiger partial charge on any atom is 0.250 e. The van der Waals surface area contributed by atoms with Crippen molar-refractivity contribution < 1.29 is 9.59 Å². The first-order chi connectivity index (χ1) is 13.9. The van der Waals surface area contributed by atoms with E-state index in [1.807, 2.05) is 62.6 Å². The number of likely N-dealkylation sites (N-methyl/N-ethyl adjacent to an activating group) is 1. The van der Waals surface area contributed by atoms with Crippen molar-refractivity contribution in [3.8, 4) is 0 Å². The number of rotatable bonds is 1. The van der Waals surface area contributed by atoms with Gasteiger partial charge in [0.25, 0.3) is 5.91 Å². The summed E-state index contributed by atoms with van der Waals surface area (Å²) in [5.74, 6) is -0.135. The Bertz CT molecular complexity index is 1020. The third-order valence-electron chi connectivity index (χ3n) is 7.18. The third-order valence-corrected chi connectivity index (χ3v) is 7.53. The molecule has 2 fully saturated rings. The van der Waals surface area contributed by atoms with Crippen LogP contribution in [0.25, 0.3) is 0 Å². The molecule has 5 rings (SSSR count). The fraction of sp³-hybridized carbons (Fsp3) is 0.391. The molecule has 0 radical (unpaired) electrons. The average molecular weight is 410 g/mol. The molecule has 3 atom stereocenters. The molecule has 2 aromatic carbocycles. The van der Waals surface area contributed by atoms with Gasteiger partial charge >= 0.3 is 0 Å². The molecule has 3 heterocycles. The number of nitrogens with zero attached hydrogens (tertiary/aromatic N) is 2. The topological polar surface area (TPSA) is 52.7 Å². The average Bonchev–Trinajstić information content (AvgIpc) is 3.14. The molecule has 3 aliphatic rings. The molecule has 29 heavy (non-hydrogen) atoms. The van der Waals surface area contributed by atoms with E-state index in [0.717, 1.165) is 16.8 Å². The number of Topliss-reactive ketones (excluding diaryl/α,β-unsaturated/α-hetero) is 1.